The number of thioether (sulfide) groups is 1. The van der Waals surface area contributed by atoms with Gasteiger partial charge in [-0.05, 0) is 28.3 Å². The first-order valence-corrected chi connectivity index (χ1v) is 11.9. The molecule has 0 bridgehead atoms. The summed E-state index contributed by atoms with van der Waals surface area (Å²) in [6, 6.07) is 2.11. The zero-order valence-electron chi connectivity index (χ0n) is 18.0. The van der Waals surface area contributed by atoms with Crippen LogP contribution in [0.2, 0.25) is 0 Å². The molecule has 3 heterocycles. The zero-order chi connectivity index (χ0) is 21.3. The molecule has 0 radical (unpaired) electrons. The molecule has 3 rings (SSSR count). The van der Waals surface area contributed by atoms with Crippen LogP contribution in [0, 0.1) is 5.92 Å². The van der Waals surface area contributed by atoms with Crippen molar-refractivity contribution in [3.63, 3.8) is 0 Å². The number of nitrogens with one attached hydrogen (secondary N) is 1. The molecule has 0 aromatic carbocycles. The molecule has 1 atom stereocenters. The maximum absolute atomic E-state index is 13.1. The van der Waals surface area contributed by atoms with Crippen molar-refractivity contribution in [2.24, 2.45) is 13.0 Å². The smallest absolute Gasteiger partial charge is 0.240 e. The highest BCUT2D eigenvalue weighted by atomic mass is 32.2. The predicted molar refractivity (Wildman–Crippen MR) is 121 cm³/mol. The van der Waals surface area contributed by atoms with Crippen LogP contribution in [0.1, 0.15) is 56.7 Å². The molecule has 158 valence electrons. The van der Waals surface area contributed by atoms with Crippen molar-refractivity contribution < 1.29 is 9.59 Å². The fourth-order valence-corrected chi connectivity index (χ4v) is 5.41. The van der Waals surface area contributed by atoms with Crippen LogP contribution in [0.15, 0.2) is 16.8 Å². The van der Waals surface area contributed by atoms with Gasteiger partial charge in [-0.3, -0.25) is 19.2 Å². The van der Waals surface area contributed by atoms with Crippen LogP contribution in [0.4, 0.5) is 5.82 Å². The topological polar surface area (TPSA) is 67.2 Å². The Morgan fingerprint density at radius 1 is 1.38 bits per heavy atom. The maximum atomic E-state index is 13.1. The molecule has 29 heavy (non-hydrogen) atoms. The van der Waals surface area contributed by atoms with Crippen molar-refractivity contribution in [1.82, 2.24) is 15.1 Å². The third-order valence-corrected chi connectivity index (χ3v) is 6.77. The van der Waals surface area contributed by atoms with Crippen molar-refractivity contribution in [2.75, 3.05) is 23.7 Å². The highest BCUT2D eigenvalue weighted by Gasteiger charge is 2.38. The number of carbonyl (C=O) groups excluding carboxylic acids is 2. The Kier molecular flexibility index (Phi) is 6.43. The first kappa shape index (κ1) is 21.9. The molecule has 0 saturated heterocycles. The Morgan fingerprint density at radius 3 is 2.69 bits per heavy atom. The van der Waals surface area contributed by atoms with Crippen molar-refractivity contribution in [1.29, 1.82) is 0 Å². The van der Waals surface area contributed by atoms with Crippen LogP contribution in [-0.4, -0.2) is 40.4 Å². The van der Waals surface area contributed by atoms with Gasteiger partial charge in [0, 0.05) is 24.6 Å². The average Bonchev–Trinajstić information content (AvgIpc) is 3.23. The van der Waals surface area contributed by atoms with Gasteiger partial charge in [-0.15, -0.1) is 11.8 Å². The number of hydrogen-bond donors (Lipinski definition) is 1. The number of anilines is 1. The molecule has 8 heteroatoms. The Morgan fingerprint density at radius 2 is 2.10 bits per heavy atom. The standard InChI is InChI=1S/C21H30N4O2S2/c1-13(2)9-22-15(26)10-25-16(27)12-29-18(14-7-8-28-11-14)17-19(21(3,4)5)23-24(6)20(17)25/h7-8,11,13,18H,9-10,12H2,1-6H3,(H,22,26). The number of aromatic nitrogens is 2. The summed E-state index contributed by atoms with van der Waals surface area (Å²) < 4.78 is 1.77. The van der Waals surface area contributed by atoms with Gasteiger partial charge in [0.1, 0.15) is 12.4 Å². The lowest BCUT2D eigenvalue weighted by atomic mass is 9.87. The Labute approximate surface area is 181 Å². The van der Waals surface area contributed by atoms with E-state index in [1.165, 1.54) is 5.56 Å². The molecule has 2 aromatic heterocycles. The molecular formula is C21H30N4O2S2. The monoisotopic (exact) mass is 434 g/mol. The van der Waals surface area contributed by atoms with E-state index in [1.807, 2.05) is 20.9 Å². The van der Waals surface area contributed by atoms with E-state index in [4.69, 9.17) is 5.10 Å². The molecule has 2 amide bonds. The van der Waals surface area contributed by atoms with Gasteiger partial charge in [0.2, 0.25) is 11.8 Å². The number of carbonyl (C=O) groups is 2. The summed E-state index contributed by atoms with van der Waals surface area (Å²) in [5.74, 6) is 1.22. The Balaban J connectivity index is 2.08. The minimum absolute atomic E-state index is 0.0125. The molecule has 6 nitrogen and oxygen atoms in total. The molecule has 0 saturated carbocycles. The maximum Gasteiger partial charge on any atom is 0.240 e. The molecule has 1 unspecified atom stereocenters. The summed E-state index contributed by atoms with van der Waals surface area (Å²) in [4.78, 5) is 27.2. The fourth-order valence-electron chi connectivity index (χ4n) is 3.45. The average molecular weight is 435 g/mol. The van der Waals surface area contributed by atoms with Gasteiger partial charge < -0.3 is 5.32 Å². The number of aryl methyl sites for hydroxylation is 1. The van der Waals surface area contributed by atoms with E-state index in [9.17, 15) is 9.59 Å². The molecule has 1 N–H and O–H groups in total. The van der Waals surface area contributed by atoms with E-state index in [2.05, 4.69) is 42.9 Å². The van der Waals surface area contributed by atoms with E-state index in [-0.39, 0.29) is 29.0 Å². The van der Waals surface area contributed by atoms with Crippen LogP contribution in [0.3, 0.4) is 0 Å². The first-order chi connectivity index (χ1) is 13.6. The highest BCUT2D eigenvalue weighted by Crippen LogP contribution is 2.47. The number of thiophene rings is 1. The summed E-state index contributed by atoms with van der Waals surface area (Å²) in [6.45, 7) is 11.1. The number of nitrogens with zero attached hydrogens (tertiary/aromatic N) is 3. The van der Waals surface area contributed by atoms with Crippen molar-refractivity contribution in [3.8, 4) is 0 Å². The predicted octanol–water partition coefficient (Wildman–Crippen LogP) is 3.72. The van der Waals surface area contributed by atoms with Gasteiger partial charge in [-0.25, -0.2) is 0 Å². The molecule has 1 aliphatic heterocycles. The van der Waals surface area contributed by atoms with Gasteiger partial charge in [0.25, 0.3) is 0 Å². The van der Waals surface area contributed by atoms with Gasteiger partial charge in [-0.2, -0.15) is 16.4 Å². The normalized spacial score (nSPS) is 17.4. The molecule has 2 aromatic rings. The summed E-state index contributed by atoms with van der Waals surface area (Å²) >= 11 is 3.27. The fraction of sp³-hybridized carbons (Fsp3) is 0.571. The van der Waals surface area contributed by atoms with Crippen LogP contribution < -0.4 is 10.2 Å². The van der Waals surface area contributed by atoms with Crippen LogP contribution in [0.5, 0.6) is 0 Å². The zero-order valence-corrected chi connectivity index (χ0v) is 19.6. The largest absolute Gasteiger partial charge is 0.354 e. The lowest BCUT2D eigenvalue weighted by molar-refractivity contribution is -0.123. The minimum Gasteiger partial charge on any atom is -0.354 e. The molecule has 0 aliphatic carbocycles. The summed E-state index contributed by atoms with van der Waals surface area (Å²) in [6.07, 6.45) is 0. The van der Waals surface area contributed by atoms with E-state index >= 15 is 0 Å². The number of rotatable bonds is 5. The second-order valence-corrected chi connectivity index (χ2v) is 10.8. The van der Waals surface area contributed by atoms with Crippen molar-refractivity contribution in [2.45, 2.75) is 45.3 Å². The second kappa shape index (κ2) is 8.52. The lowest BCUT2D eigenvalue weighted by Crippen LogP contribution is -2.43. The summed E-state index contributed by atoms with van der Waals surface area (Å²) in [5.41, 5.74) is 3.02. The quantitative estimate of drug-likeness (QED) is 0.779. The van der Waals surface area contributed by atoms with Gasteiger partial charge >= 0.3 is 0 Å². The molecule has 1 aliphatic rings. The van der Waals surface area contributed by atoms with Gasteiger partial charge in [0.05, 0.1) is 16.7 Å². The number of amides is 2. The first-order valence-electron chi connectivity index (χ1n) is 9.87. The third-order valence-electron chi connectivity index (χ3n) is 4.81. The SMILES string of the molecule is CC(C)CNC(=O)CN1C(=O)CSC(c2ccsc2)c2c(C(C)(C)C)nn(C)c21. The second-order valence-electron chi connectivity index (χ2n) is 8.89. The van der Waals surface area contributed by atoms with Crippen LogP contribution >= 0.6 is 23.1 Å². The minimum atomic E-state index is -0.181. The van der Waals surface area contributed by atoms with Crippen molar-refractivity contribution in [3.05, 3.63) is 33.6 Å². The van der Waals surface area contributed by atoms with Gasteiger partial charge in [0.15, 0.2) is 0 Å². The molecule has 0 fully saturated rings. The van der Waals surface area contributed by atoms with Crippen LogP contribution in [-0.2, 0) is 22.1 Å². The highest BCUT2D eigenvalue weighted by molar-refractivity contribution is 8.00. The number of hydrogen-bond acceptors (Lipinski definition) is 5. The molecular weight excluding hydrogens is 404 g/mol. The summed E-state index contributed by atoms with van der Waals surface area (Å²) in [5, 5.41) is 12.0. The van der Waals surface area contributed by atoms with Crippen molar-refractivity contribution >= 4 is 40.7 Å². The third kappa shape index (κ3) is 4.69. The molecule has 0 spiro atoms. The Hall–Kier alpha value is -1.80. The van der Waals surface area contributed by atoms with E-state index < -0.39 is 0 Å². The van der Waals surface area contributed by atoms with E-state index in [0.29, 0.717) is 18.2 Å². The number of fused-ring (bicyclic) bond motifs is 1. The van der Waals surface area contributed by atoms with Crippen LogP contribution in [0.25, 0.3) is 0 Å². The summed E-state index contributed by atoms with van der Waals surface area (Å²) in [7, 11) is 1.86. The van der Waals surface area contributed by atoms with E-state index in [1.54, 1.807) is 32.7 Å². The van der Waals surface area contributed by atoms with Gasteiger partial charge in [-0.1, -0.05) is 34.6 Å². The van der Waals surface area contributed by atoms with E-state index in [0.717, 1.165) is 17.1 Å². The Bertz CT molecular complexity index is 881. The lowest BCUT2D eigenvalue weighted by Gasteiger charge is -2.24.